The highest BCUT2D eigenvalue weighted by atomic mass is 28.4. The summed E-state index contributed by atoms with van der Waals surface area (Å²) in [5.74, 6) is 0.244. The van der Waals surface area contributed by atoms with Gasteiger partial charge < -0.3 is 14.5 Å². The summed E-state index contributed by atoms with van der Waals surface area (Å²) in [5.41, 5.74) is 1.27. The summed E-state index contributed by atoms with van der Waals surface area (Å²) in [5, 5.41) is 3.86. The van der Waals surface area contributed by atoms with Gasteiger partial charge in [0.15, 0.2) is 8.32 Å². The summed E-state index contributed by atoms with van der Waals surface area (Å²) < 4.78 is 11.6. The maximum absolute atomic E-state index is 11.9. The molecule has 1 aromatic rings. The number of benzene rings is 1. The van der Waals surface area contributed by atoms with Gasteiger partial charge in [-0.05, 0) is 37.0 Å². The molecule has 0 saturated carbocycles. The van der Waals surface area contributed by atoms with Crippen LogP contribution in [-0.2, 0) is 14.0 Å². The summed E-state index contributed by atoms with van der Waals surface area (Å²) in [4.78, 5) is 11.9. The Bertz CT molecular complexity index is 583. The summed E-state index contributed by atoms with van der Waals surface area (Å²) in [6.07, 6.45) is 1.36. The largest absolute Gasteiger partial charge is 0.466 e. The first-order chi connectivity index (χ1) is 12.1. The van der Waals surface area contributed by atoms with Crippen molar-refractivity contribution in [3.8, 4) is 0 Å². The van der Waals surface area contributed by atoms with Crippen molar-refractivity contribution in [2.24, 2.45) is 5.92 Å². The summed E-state index contributed by atoms with van der Waals surface area (Å²) in [6.45, 7) is 14.4. The number of esters is 1. The lowest BCUT2D eigenvalue weighted by Crippen LogP contribution is -2.42. The zero-order valence-corrected chi connectivity index (χ0v) is 18.2. The van der Waals surface area contributed by atoms with Crippen molar-refractivity contribution < 1.29 is 14.0 Å². The van der Waals surface area contributed by atoms with E-state index in [0.29, 0.717) is 18.9 Å². The Morgan fingerprint density at radius 1 is 1.23 bits per heavy atom. The fraction of sp³-hybridized carbons (Fsp3) is 0.667. The van der Waals surface area contributed by atoms with Gasteiger partial charge in [0, 0.05) is 24.6 Å². The smallest absolute Gasteiger partial charge is 0.307 e. The number of carbonyl (C=O) groups excluding carboxylic acids is 1. The van der Waals surface area contributed by atoms with Gasteiger partial charge in [-0.1, -0.05) is 51.1 Å². The summed E-state index contributed by atoms with van der Waals surface area (Å²) in [6, 6.07) is 10.9. The SMILES string of the molecule is CCOC(=O)C[C@H]1C[C@H](CO[Si](C)(C)C(C)(C)C)[C@@H](c2ccccc2)N1. The molecule has 0 unspecified atom stereocenters. The highest BCUT2D eigenvalue weighted by molar-refractivity contribution is 6.74. The lowest BCUT2D eigenvalue weighted by Gasteiger charge is -2.37. The number of carbonyl (C=O) groups is 1. The maximum atomic E-state index is 11.9. The molecule has 0 amide bonds. The zero-order valence-electron chi connectivity index (χ0n) is 17.2. The lowest BCUT2D eigenvalue weighted by molar-refractivity contribution is -0.143. The minimum Gasteiger partial charge on any atom is -0.466 e. The van der Waals surface area contributed by atoms with Gasteiger partial charge in [0.2, 0.25) is 0 Å². The Hall–Kier alpha value is -1.17. The molecule has 3 atom stereocenters. The molecule has 1 N–H and O–H groups in total. The first-order valence-electron chi connectivity index (χ1n) is 9.74. The first-order valence-corrected chi connectivity index (χ1v) is 12.7. The van der Waals surface area contributed by atoms with Crippen LogP contribution in [0.3, 0.4) is 0 Å². The molecular formula is C21H35NO3Si. The number of nitrogens with one attached hydrogen (secondary N) is 1. The van der Waals surface area contributed by atoms with Crippen LogP contribution in [-0.4, -0.2) is 33.5 Å². The third-order valence-electron chi connectivity index (χ3n) is 5.82. The van der Waals surface area contributed by atoms with Crippen LogP contribution in [0.5, 0.6) is 0 Å². The molecule has 1 aliphatic heterocycles. The highest BCUT2D eigenvalue weighted by Gasteiger charge is 2.41. The second-order valence-electron chi connectivity index (χ2n) is 8.83. The van der Waals surface area contributed by atoms with Crippen LogP contribution in [0.15, 0.2) is 30.3 Å². The molecule has 1 heterocycles. The molecule has 0 radical (unpaired) electrons. The van der Waals surface area contributed by atoms with E-state index in [-0.39, 0.29) is 23.1 Å². The van der Waals surface area contributed by atoms with E-state index in [4.69, 9.17) is 9.16 Å². The number of hydrogen-bond acceptors (Lipinski definition) is 4. The second kappa shape index (κ2) is 8.68. The third kappa shape index (κ3) is 5.41. The van der Waals surface area contributed by atoms with E-state index in [1.54, 1.807) is 0 Å². The quantitative estimate of drug-likeness (QED) is 0.553. The van der Waals surface area contributed by atoms with Gasteiger partial charge in [0.1, 0.15) is 0 Å². The van der Waals surface area contributed by atoms with E-state index in [1.165, 1.54) is 5.56 Å². The van der Waals surface area contributed by atoms with Crippen molar-refractivity contribution in [3.05, 3.63) is 35.9 Å². The molecule has 4 nitrogen and oxygen atoms in total. The molecule has 1 aromatic carbocycles. The van der Waals surface area contributed by atoms with E-state index < -0.39 is 8.32 Å². The molecule has 1 aliphatic rings. The molecule has 1 saturated heterocycles. The molecular weight excluding hydrogens is 342 g/mol. The van der Waals surface area contributed by atoms with E-state index in [9.17, 15) is 4.79 Å². The van der Waals surface area contributed by atoms with E-state index in [1.807, 2.05) is 13.0 Å². The van der Waals surface area contributed by atoms with Crippen LogP contribution >= 0.6 is 0 Å². The fourth-order valence-corrected chi connectivity index (χ4v) is 4.31. The predicted octanol–water partition coefficient (Wildman–Crippen LogP) is 4.68. The average molecular weight is 378 g/mol. The van der Waals surface area contributed by atoms with E-state index >= 15 is 0 Å². The number of ether oxygens (including phenoxy) is 1. The summed E-state index contributed by atoms with van der Waals surface area (Å²) >= 11 is 0. The first kappa shape index (κ1) is 21.1. The Kier molecular flexibility index (Phi) is 7.05. The molecule has 0 bridgehead atoms. The normalized spacial score (nSPS) is 23.8. The van der Waals surface area contributed by atoms with Gasteiger partial charge >= 0.3 is 5.97 Å². The highest BCUT2D eigenvalue weighted by Crippen LogP contribution is 2.39. The van der Waals surface area contributed by atoms with Gasteiger partial charge in [-0.2, -0.15) is 0 Å². The van der Waals surface area contributed by atoms with Crippen LogP contribution < -0.4 is 5.32 Å². The second-order valence-corrected chi connectivity index (χ2v) is 13.6. The lowest BCUT2D eigenvalue weighted by atomic mass is 9.94. The molecule has 0 spiro atoms. The molecule has 5 heteroatoms. The molecule has 1 fully saturated rings. The van der Waals surface area contributed by atoms with Crippen LogP contribution in [0.25, 0.3) is 0 Å². The molecule has 2 rings (SSSR count). The third-order valence-corrected chi connectivity index (χ3v) is 10.3. The van der Waals surface area contributed by atoms with Crippen molar-refractivity contribution in [2.75, 3.05) is 13.2 Å². The van der Waals surface area contributed by atoms with Crippen LogP contribution in [0.1, 0.15) is 52.1 Å². The Labute approximate surface area is 159 Å². The van der Waals surface area contributed by atoms with Crippen molar-refractivity contribution in [1.29, 1.82) is 0 Å². The van der Waals surface area contributed by atoms with E-state index in [2.05, 4.69) is 63.4 Å². The minimum absolute atomic E-state index is 0.122. The molecule has 146 valence electrons. The Morgan fingerprint density at radius 2 is 1.88 bits per heavy atom. The monoisotopic (exact) mass is 377 g/mol. The van der Waals surface area contributed by atoms with Crippen molar-refractivity contribution >= 4 is 14.3 Å². The van der Waals surface area contributed by atoms with Gasteiger partial charge in [0.05, 0.1) is 13.0 Å². The predicted molar refractivity (Wildman–Crippen MR) is 109 cm³/mol. The van der Waals surface area contributed by atoms with Gasteiger partial charge in [-0.3, -0.25) is 4.79 Å². The molecule has 0 aliphatic carbocycles. The molecule has 26 heavy (non-hydrogen) atoms. The Morgan fingerprint density at radius 3 is 2.46 bits per heavy atom. The van der Waals surface area contributed by atoms with Crippen LogP contribution in [0.2, 0.25) is 18.1 Å². The Balaban J connectivity index is 2.08. The van der Waals surface area contributed by atoms with E-state index in [0.717, 1.165) is 13.0 Å². The van der Waals surface area contributed by atoms with Gasteiger partial charge in [-0.25, -0.2) is 0 Å². The average Bonchev–Trinajstić information content (AvgIpc) is 2.96. The van der Waals surface area contributed by atoms with Crippen molar-refractivity contribution in [3.63, 3.8) is 0 Å². The maximum Gasteiger partial charge on any atom is 0.307 e. The van der Waals surface area contributed by atoms with Crippen LogP contribution in [0, 0.1) is 5.92 Å². The number of rotatable bonds is 7. The van der Waals surface area contributed by atoms with Gasteiger partial charge in [-0.15, -0.1) is 0 Å². The fourth-order valence-electron chi connectivity index (χ4n) is 3.25. The van der Waals surface area contributed by atoms with Crippen LogP contribution in [0.4, 0.5) is 0 Å². The standard InChI is InChI=1S/C21H35NO3Si/c1-7-24-19(23)14-18-13-17(15-25-26(5,6)21(2,3)4)20(22-18)16-11-9-8-10-12-16/h8-12,17-18,20,22H,7,13-15H2,1-6H3/t17-,18-,20-/m1/s1. The molecule has 0 aromatic heterocycles. The minimum atomic E-state index is -1.79. The van der Waals surface area contributed by atoms with Crippen molar-refractivity contribution in [2.45, 2.75) is 70.8 Å². The van der Waals surface area contributed by atoms with Crippen molar-refractivity contribution in [1.82, 2.24) is 5.32 Å². The summed E-state index contributed by atoms with van der Waals surface area (Å²) in [7, 11) is -1.79. The topological polar surface area (TPSA) is 47.6 Å². The number of hydrogen-bond donors (Lipinski definition) is 1. The van der Waals surface area contributed by atoms with Gasteiger partial charge in [0.25, 0.3) is 0 Å². The zero-order chi connectivity index (χ0) is 19.4.